The zero-order valence-electron chi connectivity index (χ0n) is 8.12. The monoisotopic (exact) mass is 210 g/mol. The first-order chi connectivity index (χ1) is 7.00. The van der Waals surface area contributed by atoms with E-state index in [0.717, 1.165) is 0 Å². The number of carboxylic acid groups (broad SMARTS) is 1. The van der Waals surface area contributed by atoms with E-state index in [9.17, 15) is 4.79 Å². The average molecular weight is 210 g/mol. The zero-order chi connectivity index (χ0) is 11.4. The van der Waals surface area contributed by atoms with Gasteiger partial charge in [0.25, 0.3) is 0 Å². The molecule has 0 aliphatic carbocycles. The second kappa shape index (κ2) is 4.81. The van der Waals surface area contributed by atoms with Gasteiger partial charge < -0.3 is 19.8 Å². The minimum absolute atomic E-state index is 0.218. The number of aliphatic carboxylic acids is 1. The van der Waals surface area contributed by atoms with Gasteiger partial charge in [0.2, 0.25) is 0 Å². The third-order valence-corrected chi connectivity index (χ3v) is 1.97. The number of carboxylic acids is 1. The Morgan fingerprint density at radius 3 is 2.67 bits per heavy atom. The molecule has 0 fully saturated rings. The summed E-state index contributed by atoms with van der Waals surface area (Å²) in [6.07, 6.45) is 0. The minimum atomic E-state index is -1.90. The molecule has 0 aliphatic heterocycles. The lowest BCUT2D eigenvalue weighted by Crippen LogP contribution is -2.20. The smallest absolute Gasteiger partial charge is 0.512 e. The molecular weight excluding hydrogens is 199 g/mol. The van der Waals surface area contributed by atoms with Crippen molar-refractivity contribution in [1.82, 2.24) is 0 Å². The highest BCUT2D eigenvalue weighted by molar-refractivity contribution is 6.33. The summed E-state index contributed by atoms with van der Waals surface area (Å²) in [6.45, 7) is 1.54. The van der Waals surface area contributed by atoms with Crippen molar-refractivity contribution in [2.75, 3.05) is 0 Å². The van der Waals surface area contributed by atoms with Gasteiger partial charge in [0.1, 0.15) is 5.75 Å². The molecule has 5 nitrogen and oxygen atoms in total. The fourth-order valence-electron chi connectivity index (χ4n) is 1.12. The minimum Gasteiger partial charge on any atom is -0.512 e. The Morgan fingerprint density at radius 2 is 2.13 bits per heavy atom. The molecule has 1 unspecified atom stereocenters. The highest BCUT2D eigenvalue weighted by Crippen LogP contribution is 2.20. The quantitative estimate of drug-likeness (QED) is 0.619. The summed E-state index contributed by atoms with van der Waals surface area (Å²) >= 11 is 0. The number of carbonyl (C=O) groups is 1. The molecule has 80 valence electrons. The highest BCUT2D eigenvalue weighted by atomic mass is 16.6. The lowest BCUT2D eigenvalue weighted by Gasteiger charge is -2.09. The summed E-state index contributed by atoms with van der Waals surface area (Å²) in [5, 5.41) is 25.9. The van der Waals surface area contributed by atoms with Crippen molar-refractivity contribution in [3.8, 4) is 5.75 Å². The predicted molar refractivity (Wildman–Crippen MR) is 53.3 cm³/mol. The number of hydrogen-bond donors (Lipinski definition) is 3. The summed E-state index contributed by atoms with van der Waals surface area (Å²) < 4.78 is 4.60. The van der Waals surface area contributed by atoms with Gasteiger partial charge in [0, 0.05) is 0 Å². The normalized spacial score (nSPS) is 11.9. The van der Waals surface area contributed by atoms with Crippen LogP contribution in [-0.4, -0.2) is 28.4 Å². The molecule has 0 saturated heterocycles. The van der Waals surface area contributed by atoms with Gasteiger partial charge in [-0.2, -0.15) is 0 Å². The molecule has 0 bridgehead atoms. The van der Waals surface area contributed by atoms with E-state index < -0.39 is 19.2 Å². The molecule has 1 aromatic rings. The molecule has 0 amide bonds. The van der Waals surface area contributed by atoms with Gasteiger partial charge >= 0.3 is 13.3 Å². The first-order valence-corrected chi connectivity index (χ1v) is 4.36. The van der Waals surface area contributed by atoms with Gasteiger partial charge in [-0.15, -0.1) is 0 Å². The number of benzene rings is 1. The van der Waals surface area contributed by atoms with Crippen LogP contribution < -0.4 is 4.65 Å². The van der Waals surface area contributed by atoms with E-state index in [2.05, 4.69) is 4.65 Å². The van der Waals surface area contributed by atoms with Crippen molar-refractivity contribution >= 4 is 13.3 Å². The van der Waals surface area contributed by atoms with Crippen molar-refractivity contribution in [3.63, 3.8) is 0 Å². The Kier molecular flexibility index (Phi) is 3.71. The lowest BCUT2D eigenvalue weighted by atomic mass is 10.0. The largest absolute Gasteiger partial charge is 0.707 e. The average Bonchev–Trinajstić information content (AvgIpc) is 2.16. The summed E-state index contributed by atoms with van der Waals surface area (Å²) in [5.74, 6) is -1.39. The predicted octanol–water partition coefficient (Wildman–Crippen LogP) is 0.223. The zero-order valence-corrected chi connectivity index (χ0v) is 8.12. The van der Waals surface area contributed by atoms with E-state index in [1.54, 1.807) is 12.1 Å². The number of hydrogen-bond acceptors (Lipinski definition) is 4. The summed E-state index contributed by atoms with van der Waals surface area (Å²) in [4.78, 5) is 10.7. The van der Waals surface area contributed by atoms with Gasteiger partial charge in [-0.1, -0.05) is 12.1 Å². The first kappa shape index (κ1) is 11.5. The summed E-state index contributed by atoms with van der Waals surface area (Å²) in [6, 6.07) is 6.19. The van der Waals surface area contributed by atoms with Gasteiger partial charge in [-0.05, 0) is 24.6 Å². The Balaban J connectivity index is 2.87. The summed E-state index contributed by atoms with van der Waals surface area (Å²) in [7, 11) is -1.90. The van der Waals surface area contributed by atoms with Crippen LogP contribution in [0.4, 0.5) is 0 Å². The lowest BCUT2D eigenvalue weighted by molar-refractivity contribution is -0.138. The van der Waals surface area contributed by atoms with Crippen LogP contribution in [0.15, 0.2) is 24.3 Å². The third-order valence-electron chi connectivity index (χ3n) is 1.97. The second-order valence-electron chi connectivity index (χ2n) is 3.08. The Morgan fingerprint density at radius 1 is 1.47 bits per heavy atom. The standard InChI is InChI=1S/C9H11BO5/c1-6(9(11)12)7-3-2-4-8(5-7)15-10(13)14/h2-6,13-14H,1H3,(H,11,12). The highest BCUT2D eigenvalue weighted by Gasteiger charge is 2.16. The van der Waals surface area contributed by atoms with Crippen molar-refractivity contribution in [3.05, 3.63) is 29.8 Å². The molecule has 1 atom stereocenters. The van der Waals surface area contributed by atoms with Crippen LogP contribution in [0.5, 0.6) is 5.75 Å². The van der Waals surface area contributed by atoms with Gasteiger partial charge in [-0.25, -0.2) is 0 Å². The SMILES string of the molecule is CC(C(=O)O)c1cccc(OB(O)O)c1. The van der Waals surface area contributed by atoms with Crippen LogP contribution in [0.3, 0.4) is 0 Å². The fourth-order valence-corrected chi connectivity index (χ4v) is 1.12. The first-order valence-electron chi connectivity index (χ1n) is 4.36. The maximum atomic E-state index is 10.7. The van der Waals surface area contributed by atoms with Crippen molar-refractivity contribution < 1.29 is 24.6 Å². The molecule has 1 rings (SSSR count). The van der Waals surface area contributed by atoms with E-state index in [4.69, 9.17) is 15.2 Å². The van der Waals surface area contributed by atoms with Crippen LogP contribution >= 0.6 is 0 Å². The fraction of sp³-hybridized carbons (Fsp3) is 0.222. The molecule has 1 aromatic carbocycles. The topological polar surface area (TPSA) is 87.0 Å². The van der Waals surface area contributed by atoms with E-state index in [1.807, 2.05) is 0 Å². The van der Waals surface area contributed by atoms with Crippen LogP contribution in [0, 0.1) is 0 Å². The molecule has 0 heterocycles. The van der Waals surface area contributed by atoms with E-state index >= 15 is 0 Å². The molecule has 0 aromatic heterocycles. The van der Waals surface area contributed by atoms with Crippen molar-refractivity contribution in [2.24, 2.45) is 0 Å². The third kappa shape index (κ3) is 3.27. The van der Waals surface area contributed by atoms with Gasteiger partial charge in [0.05, 0.1) is 5.92 Å². The molecule has 0 aliphatic rings. The van der Waals surface area contributed by atoms with Crippen molar-refractivity contribution in [1.29, 1.82) is 0 Å². The number of rotatable bonds is 4. The van der Waals surface area contributed by atoms with Crippen molar-refractivity contribution in [2.45, 2.75) is 12.8 Å². The van der Waals surface area contributed by atoms with Crippen LogP contribution in [0.25, 0.3) is 0 Å². The maximum absolute atomic E-state index is 10.7. The van der Waals surface area contributed by atoms with Gasteiger partial charge in [-0.3, -0.25) is 4.79 Å². The molecule has 0 radical (unpaired) electrons. The molecule has 15 heavy (non-hydrogen) atoms. The Hall–Kier alpha value is -1.53. The van der Waals surface area contributed by atoms with Crippen LogP contribution in [0.2, 0.25) is 0 Å². The van der Waals surface area contributed by atoms with Crippen LogP contribution in [0.1, 0.15) is 18.4 Å². The molecular formula is C9H11BO5. The van der Waals surface area contributed by atoms with Crippen LogP contribution in [-0.2, 0) is 4.79 Å². The molecule has 0 spiro atoms. The second-order valence-corrected chi connectivity index (χ2v) is 3.08. The Labute approximate surface area is 87.1 Å². The molecule has 3 N–H and O–H groups in total. The molecule has 6 heteroatoms. The maximum Gasteiger partial charge on any atom is 0.707 e. The van der Waals surface area contributed by atoms with E-state index in [0.29, 0.717) is 5.56 Å². The van der Waals surface area contributed by atoms with E-state index in [1.165, 1.54) is 19.1 Å². The molecule has 0 saturated carbocycles. The summed E-state index contributed by atoms with van der Waals surface area (Å²) in [5.41, 5.74) is 0.542. The Bertz CT molecular complexity index is 352. The van der Waals surface area contributed by atoms with Gasteiger partial charge in [0.15, 0.2) is 0 Å². The van der Waals surface area contributed by atoms with E-state index in [-0.39, 0.29) is 5.75 Å².